The summed E-state index contributed by atoms with van der Waals surface area (Å²) in [5, 5.41) is 10.9. The molecule has 1 aliphatic rings. The SMILES string of the molecule is CCC(CC)(C(O)c1ccc(C)nc1)N1CCCC1. The average Bonchev–Trinajstić information content (AvgIpc) is 2.96. The van der Waals surface area contributed by atoms with E-state index < -0.39 is 6.10 Å². The van der Waals surface area contributed by atoms with Crippen molar-refractivity contribution in [2.75, 3.05) is 13.1 Å². The minimum atomic E-state index is -0.450. The fourth-order valence-corrected chi connectivity index (χ4v) is 3.37. The largest absolute Gasteiger partial charge is 0.386 e. The number of aliphatic hydroxyl groups is 1. The Morgan fingerprint density at radius 2 is 1.89 bits per heavy atom. The number of rotatable bonds is 5. The fourth-order valence-electron chi connectivity index (χ4n) is 3.37. The van der Waals surface area contributed by atoms with Gasteiger partial charge in [-0.1, -0.05) is 19.9 Å². The lowest BCUT2D eigenvalue weighted by atomic mass is 9.81. The van der Waals surface area contributed by atoms with Crippen molar-refractivity contribution in [3.8, 4) is 0 Å². The van der Waals surface area contributed by atoms with Gasteiger partial charge >= 0.3 is 0 Å². The van der Waals surface area contributed by atoms with E-state index in [1.54, 1.807) is 0 Å². The second kappa shape index (κ2) is 6.02. The van der Waals surface area contributed by atoms with Crippen LogP contribution in [0.15, 0.2) is 18.3 Å². The average molecular weight is 262 g/mol. The van der Waals surface area contributed by atoms with Gasteiger partial charge in [0.15, 0.2) is 0 Å². The highest BCUT2D eigenvalue weighted by Crippen LogP contribution is 2.39. The van der Waals surface area contributed by atoms with Crippen molar-refractivity contribution in [2.45, 2.75) is 58.1 Å². The van der Waals surface area contributed by atoms with Crippen molar-refractivity contribution in [2.24, 2.45) is 0 Å². The maximum absolute atomic E-state index is 10.9. The number of aromatic nitrogens is 1. The smallest absolute Gasteiger partial charge is 0.0988 e. The Hall–Kier alpha value is -0.930. The summed E-state index contributed by atoms with van der Waals surface area (Å²) in [6.07, 6.45) is 5.82. The number of likely N-dealkylation sites (tertiary alicyclic amines) is 1. The van der Waals surface area contributed by atoms with Crippen LogP contribution in [-0.2, 0) is 0 Å². The summed E-state index contributed by atoms with van der Waals surface area (Å²) in [6.45, 7) is 8.57. The second-order valence-corrected chi connectivity index (χ2v) is 5.64. The number of aryl methyl sites for hydroxylation is 1. The monoisotopic (exact) mass is 262 g/mol. The van der Waals surface area contributed by atoms with E-state index in [2.05, 4.69) is 23.7 Å². The van der Waals surface area contributed by atoms with Gasteiger partial charge in [-0.25, -0.2) is 0 Å². The molecule has 0 aliphatic carbocycles. The molecule has 1 aromatic rings. The molecule has 1 N–H and O–H groups in total. The Bertz CT molecular complexity index is 392. The van der Waals surface area contributed by atoms with E-state index in [9.17, 15) is 5.11 Å². The number of hydrogen-bond acceptors (Lipinski definition) is 3. The molecule has 1 aromatic heterocycles. The minimum absolute atomic E-state index is 0.132. The summed E-state index contributed by atoms with van der Waals surface area (Å²) in [6, 6.07) is 4.00. The van der Waals surface area contributed by atoms with Crippen LogP contribution in [0.4, 0.5) is 0 Å². The quantitative estimate of drug-likeness (QED) is 0.886. The minimum Gasteiger partial charge on any atom is -0.386 e. The van der Waals surface area contributed by atoms with Crippen LogP contribution in [0.1, 0.15) is 56.9 Å². The lowest BCUT2D eigenvalue weighted by Crippen LogP contribution is -2.51. The van der Waals surface area contributed by atoms with Crippen LogP contribution in [-0.4, -0.2) is 33.6 Å². The first-order valence-corrected chi connectivity index (χ1v) is 7.49. The molecule has 1 fully saturated rings. The van der Waals surface area contributed by atoms with Gasteiger partial charge in [0.25, 0.3) is 0 Å². The molecule has 1 unspecified atom stereocenters. The highest BCUT2D eigenvalue weighted by Gasteiger charge is 2.42. The molecule has 2 heterocycles. The zero-order valence-corrected chi connectivity index (χ0v) is 12.4. The fraction of sp³-hybridized carbons (Fsp3) is 0.688. The van der Waals surface area contributed by atoms with Crippen LogP contribution in [0, 0.1) is 6.92 Å². The first-order valence-electron chi connectivity index (χ1n) is 7.49. The third-order valence-corrected chi connectivity index (χ3v) is 4.72. The van der Waals surface area contributed by atoms with Gasteiger partial charge in [0.2, 0.25) is 0 Å². The Morgan fingerprint density at radius 3 is 2.37 bits per heavy atom. The second-order valence-electron chi connectivity index (χ2n) is 5.64. The predicted octanol–water partition coefficient (Wildman–Crippen LogP) is 3.08. The van der Waals surface area contributed by atoms with Crippen molar-refractivity contribution in [1.82, 2.24) is 9.88 Å². The number of pyridine rings is 1. The van der Waals surface area contributed by atoms with Crippen LogP contribution >= 0.6 is 0 Å². The first-order chi connectivity index (χ1) is 9.14. The molecule has 106 valence electrons. The van der Waals surface area contributed by atoms with E-state index in [1.165, 1.54) is 12.8 Å². The van der Waals surface area contributed by atoms with Crippen LogP contribution in [0.25, 0.3) is 0 Å². The molecular formula is C16H26N2O. The van der Waals surface area contributed by atoms with Gasteiger partial charge in [0, 0.05) is 17.5 Å². The molecule has 1 aliphatic heterocycles. The van der Waals surface area contributed by atoms with Gasteiger partial charge < -0.3 is 5.11 Å². The standard InChI is InChI=1S/C16H26N2O/c1-4-16(5-2,18-10-6-7-11-18)15(19)14-9-8-13(3)17-12-14/h8-9,12,15,19H,4-7,10-11H2,1-3H3. The van der Waals surface area contributed by atoms with E-state index >= 15 is 0 Å². The van der Waals surface area contributed by atoms with E-state index in [-0.39, 0.29) is 5.54 Å². The molecule has 0 spiro atoms. The van der Waals surface area contributed by atoms with Crippen molar-refractivity contribution in [3.05, 3.63) is 29.6 Å². The van der Waals surface area contributed by atoms with Crippen LogP contribution in [0.2, 0.25) is 0 Å². The molecule has 0 saturated carbocycles. The number of nitrogens with zero attached hydrogens (tertiary/aromatic N) is 2. The van der Waals surface area contributed by atoms with Crippen molar-refractivity contribution >= 4 is 0 Å². The van der Waals surface area contributed by atoms with Crippen LogP contribution < -0.4 is 0 Å². The third-order valence-electron chi connectivity index (χ3n) is 4.72. The first kappa shape index (κ1) is 14.5. The van der Waals surface area contributed by atoms with E-state index in [0.717, 1.165) is 37.2 Å². The van der Waals surface area contributed by atoms with Gasteiger partial charge in [-0.3, -0.25) is 9.88 Å². The summed E-state index contributed by atoms with van der Waals surface area (Å²) in [5.74, 6) is 0. The maximum atomic E-state index is 10.9. The highest BCUT2D eigenvalue weighted by atomic mass is 16.3. The molecule has 0 amide bonds. The van der Waals surface area contributed by atoms with Gasteiger partial charge in [0.1, 0.15) is 0 Å². The van der Waals surface area contributed by atoms with E-state index in [4.69, 9.17) is 0 Å². The van der Waals surface area contributed by atoms with Gasteiger partial charge in [0.05, 0.1) is 11.6 Å². The highest BCUT2D eigenvalue weighted by molar-refractivity contribution is 5.20. The number of aliphatic hydroxyl groups excluding tert-OH is 1. The maximum Gasteiger partial charge on any atom is 0.0988 e. The van der Waals surface area contributed by atoms with Gasteiger partial charge in [-0.05, 0) is 51.8 Å². The Balaban J connectivity index is 2.29. The summed E-state index contributed by atoms with van der Waals surface area (Å²) in [4.78, 5) is 6.81. The Labute approximate surface area is 116 Å². The van der Waals surface area contributed by atoms with E-state index in [1.807, 2.05) is 25.3 Å². The topological polar surface area (TPSA) is 36.4 Å². The van der Waals surface area contributed by atoms with Crippen molar-refractivity contribution < 1.29 is 5.11 Å². The predicted molar refractivity (Wildman–Crippen MR) is 78.1 cm³/mol. The lowest BCUT2D eigenvalue weighted by molar-refractivity contribution is -0.0296. The van der Waals surface area contributed by atoms with Gasteiger partial charge in [-0.15, -0.1) is 0 Å². The molecule has 1 saturated heterocycles. The Morgan fingerprint density at radius 1 is 1.26 bits per heavy atom. The Kier molecular flexibility index (Phi) is 4.58. The van der Waals surface area contributed by atoms with Crippen LogP contribution in [0.3, 0.4) is 0 Å². The van der Waals surface area contributed by atoms with Crippen molar-refractivity contribution in [1.29, 1.82) is 0 Å². The molecular weight excluding hydrogens is 236 g/mol. The summed E-state index contributed by atoms with van der Waals surface area (Å²) >= 11 is 0. The zero-order valence-electron chi connectivity index (χ0n) is 12.4. The molecule has 19 heavy (non-hydrogen) atoms. The summed E-state index contributed by atoms with van der Waals surface area (Å²) in [7, 11) is 0. The lowest BCUT2D eigenvalue weighted by Gasteiger charge is -2.44. The van der Waals surface area contributed by atoms with Crippen LogP contribution in [0.5, 0.6) is 0 Å². The molecule has 1 atom stereocenters. The van der Waals surface area contributed by atoms with E-state index in [0.29, 0.717) is 0 Å². The molecule has 0 aromatic carbocycles. The molecule has 3 heteroatoms. The summed E-state index contributed by atoms with van der Waals surface area (Å²) < 4.78 is 0. The molecule has 0 radical (unpaired) electrons. The third kappa shape index (κ3) is 2.67. The summed E-state index contributed by atoms with van der Waals surface area (Å²) in [5.41, 5.74) is 1.81. The number of hydrogen-bond donors (Lipinski definition) is 1. The molecule has 3 nitrogen and oxygen atoms in total. The zero-order chi connectivity index (χ0) is 13.9. The molecule has 0 bridgehead atoms. The van der Waals surface area contributed by atoms with Gasteiger partial charge in [-0.2, -0.15) is 0 Å². The van der Waals surface area contributed by atoms with Crippen molar-refractivity contribution in [3.63, 3.8) is 0 Å². The normalized spacial score (nSPS) is 18.7. The molecule has 2 rings (SSSR count).